The highest BCUT2D eigenvalue weighted by Gasteiger charge is 2.11. The van der Waals surface area contributed by atoms with Crippen molar-refractivity contribution in [2.24, 2.45) is 0 Å². The lowest BCUT2D eigenvalue weighted by Gasteiger charge is -2.03. The van der Waals surface area contributed by atoms with Gasteiger partial charge < -0.3 is 0 Å². The number of pyridine rings is 1. The Hall–Kier alpha value is -1.76. The van der Waals surface area contributed by atoms with Crippen molar-refractivity contribution in [3.63, 3.8) is 0 Å². The molecule has 3 rings (SSSR count). The predicted octanol–water partition coefficient (Wildman–Crippen LogP) is 4.35. The summed E-state index contributed by atoms with van der Waals surface area (Å²) in [7, 11) is 0. The van der Waals surface area contributed by atoms with Crippen LogP contribution in [0.1, 0.15) is 11.1 Å². The second kappa shape index (κ2) is 4.25. The van der Waals surface area contributed by atoms with E-state index < -0.39 is 0 Å². The highest BCUT2D eigenvalue weighted by atomic mass is 79.9. The van der Waals surface area contributed by atoms with Gasteiger partial charge in [0.25, 0.3) is 0 Å². The van der Waals surface area contributed by atoms with Crippen LogP contribution in [-0.4, -0.2) is 4.98 Å². The molecular weight excluding hydrogens is 274 g/mol. The first-order valence-electron chi connectivity index (χ1n) is 5.35. The van der Waals surface area contributed by atoms with E-state index in [1.807, 2.05) is 30.5 Å². The van der Waals surface area contributed by atoms with E-state index in [4.69, 9.17) is 0 Å². The molecule has 0 saturated carbocycles. The second-order valence-corrected chi connectivity index (χ2v) is 4.77. The van der Waals surface area contributed by atoms with E-state index in [1.54, 1.807) is 0 Å². The molecule has 0 spiro atoms. The first-order chi connectivity index (χ1) is 8.33. The lowest BCUT2D eigenvalue weighted by molar-refractivity contribution is 1.30. The molecule has 1 aromatic carbocycles. The normalized spacial score (nSPS) is 12.1. The molecule has 0 bridgehead atoms. The van der Waals surface area contributed by atoms with Crippen LogP contribution in [0.2, 0.25) is 0 Å². The van der Waals surface area contributed by atoms with Crippen molar-refractivity contribution in [3.05, 3.63) is 64.3 Å². The third-order valence-electron chi connectivity index (χ3n) is 2.69. The largest absolute Gasteiger partial charge is 0.241 e. The zero-order chi connectivity index (χ0) is 11.7. The molecule has 17 heavy (non-hydrogen) atoms. The second-order valence-electron chi connectivity index (χ2n) is 3.85. The van der Waals surface area contributed by atoms with E-state index in [-0.39, 0.29) is 0 Å². The van der Waals surface area contributed by atoms with E-state index in [2.05, 4.69) is 51.3 Å². The summed E-state index contributed by atoms with van der Waals surface area (Å²) >= 11 is 3.48. The molecule has 2 heteroatoms. The molecule has 2 aromatic rings. The van der Waals surface area contributed by atoms with Crippen LogP contribution < -0.4 is 0 Å². The maximum atomic E-state index is 4.48. The topological polar surface area (TPSA) is 12.9 Å². The van der Waals surface area contributed by atoms with E-state index in [1.165, 1.54) is 5.56 Å². The van der Waals surface area contributed by atoms with Crippen molar-refractivity contribution in [2.45, 2.75) is 0 Å². The SMILES string of the molecule is Brc1cccc(-c2cc3c(cn2)C=[C+]C=C3)c1. The van der Waals surface area contributed by atoms with Crippen molar-refractivity contribution in [3.8, 4) is 11.3 Å². The lowest BCUT2D eigenvalue weighted by atomic mass is 10.0. The van der Waals surface area contributed by atoms with Gasteiger partial charge in [0.1, 0.15) is 17.7 Å². The smallest absolute Gasteiger partial charge is 0.112 e. The number of aromatic nitrogens is 1. The molecule has 1 aromatic heterocycles. The maximum absolute atomic E-state index is 4.48. The molecule has 1 heterocycles. The monoisotopic (exact) mass is 282 g/mol. The van der Waals surface area contributed by atoms with Gasteiger partial charge in [0.2, 0.25) is 0 Å². The third kappa shape index (κ3) is 2.05. The van der Waals surface area contributed by atoms with Crippen molar-refractivity contribution < 1.29 is 0 Å². The minimum atomic E-state index is 0.991. The quantitative estimate of drug-likeness (QED) is 0.709. The fraction of sp³-hybridized carbons (Fsp3) is 0. The lowest BCUT2D eigenvalue weighted by Crippen LogP contribution is -1.90. The Bertz CT molecular complexity index is 627. The summed E-state index contributed by atoms with van der Waals surface area (Å²) < 4.78 is 1.07. The highest BCUT2D eigenvalue weighted by molar-refractivity contribution is 9.10. The number of rotatable bonds is 1. The van der Waals surface area contributed by atoms with Crippen LogP contribution in [0.5, 0.6) is 0 Å². The zero-order valence-corrected chi connectivity index (χ0v) is 10.6. The van der Waals surface area contributed by atoms with Crippen molar-refractivity contribution in [1.29, 1.82) is 0 Å². The van der Waals surface area contributed by atoms with Gasteiger partial charge in [0.15, 0.2) is 0 Å². The Kier molecular flexibility index (Phi) is 2.60. The van der Waals surface area contributed by atoms with Crippen molar-refractivity contribution in [1.82, 2.24) is 4.98 Å². The summed E-state index contributed by atoms with van der Waals surface area (Å²) in [6.07, 6.45) is 10.9. The molecule has 0 fully saturated rings. The van der Waals surface area contributed by atoms with E-state index in [9.17, 15) is 0 Å². The summed E-state index contributed by atoms with van der Waals surface area (Å²) in [5, 5.41) is 0. The van der Waals surface area contributed by atoms with Gasteiger partial charge in [-0.2, -0.15) is 0 Å². The minimum absolute atomic E-state index is 0.991. The van der Waals surface area contributed by atoms with E-state index in [0.717, 1.165) is 21.3 Å². The van der Waals surface area contributed by atoms with Gasteiger partial charge in [0.05, 0.1) is 23.5 Å². The van der Waals surface area contributed by atoms with E-state index >= 15 is 0 Å². The van der Waals surface area contributed by atoms with Gasteiger partial charge in [-0.1, -0.05) is 28.1 Å². The molecular formula is C15H9BrN+. The number of halogens is 1. The van der Waals surface area contributed by atoms with E-state index in [0.29, 0.717) is 0 Å². The van der Waals surface area contributed by atoms with Crippen LogP contribution in [0.15, 0.2) is 47.1 Å². The third-order valence-corrected chi connectivity index (χ3v) is 3.18. The van der Waals surface area contributed by atoms with Gasteiger partial charge in [0, 0.05) is 16.1 Å². The molecule has 0 unspecified atom stereocenters. The number of nitrogens with zero attached hydrogens (tertiary/aromatic N) is 1. The first kappa shape index (κ1) is 10.4. The number of hydrogen-bond donors (Lipinski definition) is 0. The van der Waals surface area contributed by atoms with Gasteiger partial charge >= 0.3 is 0 Å². The first-order valence-corrected chi connectivity index (χ1v) is 6.14. The summed E-state index contributed by atoms with van der Waals surface area (Å²) in [5.74, 6) is 0. The van der Waals surface area contributed by atoms with Gasteiger partial charge in [-0.15, -0.1) is 0 Å². The average molecular weight is 283 g/mol. The molecule has 0 aliphatic heterocycles. The molecule has 1 aliphatic rings. The van der Waals surface area contributed by atoms with Crippen LogP contribution in [0.3, 0.4) is 0 Å². The molecule has 1 aliphatic carbocycles. The van der Waals surface area contributed by atoms with Crippen molar-refractivity contribution >= 4 is 28.1 Å². The fourth-order valence-electron chi connectivity index (χ4n) is 1.83. The van der Waals surface area contributed by atoms with Crippen LogP contribution in [0, 0.1) is 6.08 Å². The summed E-state index contributed by atoms with van der Waals surface area (Å²) in [5.41, 5.74) is 4.42. The van der Waals surface area contributed by atoms with Crippen LogP contribution >= 0.6 is 15.9 Å². The molecule has 0 radical (unpaired) electrons. The number of benzene rings is 1. The zero-order valence-electron chi connectivity index (χ0n) is 9.02. The summed E-state index contributed by atoms with van der Waals surface area (Å²) in [4.78, 5) is 4.48. The molecule has 0 saturated heterocycles. The molecule has 0 amide bonds. The summed E-state index contributed by atoms with van der Waals surface area (Å²) in [6.45, 7) is 0. The predicted molar refractivity (Wildman–Crippen MR) is 74.1 cm³/mol. The Balaban J connectivity index is 2.11. The Morgan fingerprint density at radius 2 is 2.06 bits per heavy atom. The molecule has 0 N–H and O–H groups in total. The van der Waals surface area contributed by atoms with Crippen LogP contribution in [0.25, 0.3) is 23.4 Å². The number of hydrogen-bond acceptors (Lipinski definition) is 1. The molecule has 80 valence electrons. The van der Waals surface area contributed by atoms with Gasteiger partial charge in [-0.25, -0.2) is 4.98 Å². The Morgan fingerprint density at radius 1 is 1.12 bits per heavy atom. The van der Waals surface area contributed by atoms with Crippen molar-refractivity contribution in [2.75, 3.05) is 0 Å². The summed E-state index contributed by atoms with van der Waals surface area (Å²) in [6, 6.07) is 10.3. The van der Waals surface area contributed by atoms with Gasteiger partial charge in [-0.3, -0.25) is 0 Å². The van der Waals surface area contributed by atoms with Gasteiger partial charge in [-0.05, 0) is 18.2 Å². The molecule has 1 nitrogen and oxygen atoms in total. The highest BCUT2D eigenvalue weighted by Crippen LogP contribution is 2.25. The molecule has 0 atom stereocenters. The minimum Gasteiger partial charge on any atom is -0.241 e. The number of fused-ring (bicyclic) bond motifs is 1. The van der Waals surface area contributed by atoms with Crippen LogP contribution in [0.4, 0.5) is 0 Å². The average Bonchev–Trinajstić information content (AvgIpc) is 2.38. The standard InChI is InChI=1S/C15H9BrN/c16-14-7-3-6-12(8-14)15-9-11-4-1-2-5-13(11)10-17-15/h1,3-10H/q+1. The number of allylic oxidation sites excluding steroid dienone is 2. The van der Waals surface area contributed by atoms with Crippen LogP contribution in [-0.2, 0) is 0 Å². The maximum Gasteiger partial charge on any atom is 0.112 e. The Morgan fingerprint density at radius 3 is 2.94 bits per heavy atom. The Labute approximate surface area is 109 Å². The fourth-order valence-corrected chi connectivity index (χ4v) is 2.23.